The number of hydrogen-bond donors (Lipinski definition) is 0. The Kier molecular flexibility index (Phi) is 9.49. The fourth-order valence-corrected chi connectivity index (χ4v) is 5.53. The molecule has 0 radical (unpaired) electrons. The Morgan fingerprint density at radius 1 is 0.833 bits per heavy atom. The lowest BCUT2D eigenvalue weighted by atomic mass is 9.78. The Morgan fingerprint density at radius 3 is 2.22 bits per heavy atom. The molecule has 1 saturated carbocycles. The number of rotatable bonds is 11. The van der Waals surface area contributed by atoms with Crippen LogP contribution in [0.3, 0.4) is 0 Å². The fraction of sp³-hybridized carbons (Fsp3) is 0.438. The van der Waals surface area contributed by atoms with Crippen LogP contribution < -0.4 is 4.74 Å². The molecule has 0 bridgehead atoms. The second-order valence-corrected chi connectivity index (χ2v) is 10.2. The summed E-state index contributed by atoms with van der Waals surface area (Å²) in [6.07, 6.45) is 15.8. The van der Waals surface area contributed by atoms with E-state index >= 15 is 4.39 Å². The highest BCUT2D eigenvalue weighted by Crippen LogP contribution is 2.34. The van der Waals surface area contributed by atoms with E-state index in [1.807, 2.05) is 18.2 Å². The van der Waals surface area contributed by atoms with Crippen LogP contribution in [0.1, 0.15) is 68.6 Å². The first-order chi connectivity index (χ1) is 17.5. The van der Waals surface area contributed by atoms with Gasteiger partial charge in [-0.05, 0) is 91.5 Å². The number of hydrogen-bond acceptors (Lipinski definition) is 1. The summed E-state index contributed by atoms with van der Waals surface area (Å²) >= 11 is 0. The average molecular weight is 495 g/mol. The third-order valence-corrected chi connectivity index (χ3v) is 7.71. The minimum atomic E-state index is -2.83. The van der Waals surface area contributed by atoms with E-state index in [0.29, 0.717) is 23.8 Å². The Labute approximate surface area is 213 Å². The van der Waals surface area contributed by atoms with Crippen LogP contribution in [0, 0.1) is 17.7 Å². The van der Waals surface area contributed by atoms with E-state index < -0.39 is 6.61 Å². The van der Waals surface area contributed by atoms with Gasteiger partial charge in [-0.25, -0.2) is 4.39 Å². The van der Waals surface area contributed by atoms with Gasteiger partial charge in [-0.3, -0.25) is 0 Å². The third-order valence-electron chi connectivity index (χ3n) is 7.71. The molecule has 0 heterocycles. The van der Waals surface area contributed by atoms with Crippen molar-refractivity contribution in [1.82, 2.24) is 0 Å². The van der Waals surface area contributed by atoms with E-state index in [1.54, 1.807) is 12.1 Å². The van der Waals surface area contributed by atoms with Gasteiger partial charge in [-0.15, -0.1) is 0 Å². The van der Waals surface area contributed by atoms with Gasteiger partial charge in [-0.1, -0.05) is 80.3 Å². The lowest BCUT2D eigenvalue weighted by Crippen LogP contribution is -2.15. The van der Waals surface area contributed by atoms with Crippen LogP contribution in [0.4, 0.5) is 13.2 Å². The number of aryl methyl sites for hydroxylation is 3. The monoisotopic (exact) mass is 494 g/mol. The third kappa shape index (κ3) is 7.38. The van der Waals surface area contributed by atoms with E-state index in [0.717, 1.165) is 29.2 Å². The van der Waals surface area contributed by atoms with Crippen molar-refractivity contribution in [1.29, 1.82) is 0 Å². The molecule has 192 valence electrons. The van der Waals surface area contributed by atoms with Crippen LogP contribution in [0.15, 0.2) is 66.7 Å². The minimum Gasteiger partial charge on any atom is -0.435 e. The number of allylic oxidation sites excluding steroid dienone is 2. The molecule has 3 aromatic rings. The van der Waals surface area contributed by atoms with Crippen molar-refractivity contribution in [3.05, 3.63) is 89.3 Å². The van der Waals surface area contributed by atoms with Crippen molar-refractivity contribution in [3.8, 4) is 5.75 Å². The summed E-state index contributed by atoms with van der Waals surface area (Å²) in [6.45, 7) is -0.737. The van der Waals surface area contributed by atoms with E-state index in [1.165, 1.54) is 62.6 Å². The quantitative estimate of drug-likeness (QED) is 0.241. The van der Waals surface area contributed by atoms with Gasteiger partial charge in [0, 0.05) is 5.39 Å². The molecule has 0 saturated heterocycles. The number of fused-ring (bicyclic) bond motifs is 1. The number of alkyl halides is 2. The zero-order chi connectivity index (χ0) is 25.3. The normalized spacial score (nSPS) is 18.4. The summed E-state index contributed by atoms with van der Waals surface area (Å²) in [5.41, 5.74) is 2.92. The molecule has 1 aliphatic carbocycles. The van der Waals surface area contributed by atoms with Crippen LogP contribution in [-0.4, -0.2) is 6.61 Å². The maximum Gasteiger partial charge on any atom is 0.387 e. The Balaban J connectivity index is 1.29. The molecular formula is C32H37F3O. The van der Waals surface area contributed by atoms with Crippen LogP contribution in [0.25, 0.3) is 10.8 Å². The Morgan fingerprint density at radius 2 is 1.53 bits per heavy atom. The molecule has 0 unspecified atom stereocenters. The summed E-state index contributed by atoms with van der Waals surface area (Å²) < 4.78 is 44.2. The molecule has 0 amide bonds. The van der Waals surface area contributed by atoms with Crippen molar-refractivity contribution >= 4 is 10.8 Å². The Hall–Kier alpha value is -2.75. The van der Waals surface area contributed by atoms with Gasteiger partial charge >= 0.3 is 6.61 Å². The van der Waals surface area contributed by atoms with E-state index in [4.69, 9.17) is 0 Å². The molecule has 36 heavy (non-hydrogen) atoms. The summed E-state index contributed by atoms with van der Waals surface area (Å²) in [5, 5.41) is 1.62. The van der Waals surface area contributed by atoms with Gasteiger partial charge in [0.05, 0.1) is 0 Å². The van der Waals surface area contributed by atoms with Gasteiger partial charge in [0.1, 0.15) is 11.6 Å². The Bertz CT molecular complexity index is 1130. The van der Waals surface area contributed by atoms with Crippen LogP contribution in [0.2, 0.25) is 0 Å². The van der Waals surface area contributed by atoms with Gasteiger partial charge < -0.3 is 4.74 Å². The predicted octanol–water partition coefficient (Wildman–Crippen LogP) is 9.46. The highest BCUT2D eigenvalue weighted by molar-refractivity contribution is 5.84. The molecule has 0 spiro atoms. The second-order valence-electron chi connectivity index (χ2n) is 10.2. The number of ether oxygens (including phenoxy) is 1. The summed E-state index contributed by atoms with van der Waals surface area (Å²) in [4.78, 5) is 0. The molecule has 0 aromatic heterocycles. The van der Waals surface area contributed by atoms with Crippen molar-refractivity contribution in [2.75, 3.05) is 0 Å². The lowest BCUT2D eigenvalue weighted by molar-refractivity contribution is -0.0498. The highest BCUT2D eigenvalue weighted by atomic mass is 19.3. The largest absolute Gasteiger partial charge is 0.435 e. The average Bonchev–Trinajstić information content (AvgIpc) is 2.88. The first-order valence-electron chi connectivity index (χ1n) is 13.4. The van der Waals surface area contributed by atoms with Crippen molar-refractivity contribution in [2.24, 2.45) is 11.8 Å². The summed E-state index contributed by atoms with van der Waals surface area (Å²) in [7, 11) is 0. The molecule has 0 atom stereocenters. The zero-order valence-electron chi connectivity index (χ0n) is 21.2. The maximum atomic E-state index is 15.2. The minimum absolute atomic E-state index is 0.134. The van der Waals surface area contributed by atoms with Gasteiger partial charge in [0.2, 0.25) is 0 Å². The first kappa shape index (κ1) is 26.3. The van der Waals surface area contributed by atoms with E-state index in [9.17, 15) is 8.78 Å². The predicted molar refractivity (Wildman–Crippen MR) is 142 cm³/mol. The van der Waals surface area contributed by atoms with Crippen molar-refractivity contribution in [3.63, 3.8) is 0 Å². The van der Waals surface area contributed by atoms with Gasteiger partial charge in [0.15, 0.2) is 0 Å². The molecule has 4 heteroatoms. The lowest BCUT2D eigenvalue weighted by Gasteiger charge is -2.28. The molecular weight excluding hydrogens is 457 g/mol. The maximum absolute atomic E-state index is 15.2. The van der Waals surface area contributed by atoms with Gasteiger partial charge in [0.25, 0.3) is 0 Å². The standard InChI is InChI=1S/C32H37F3O/c1-2-3-4-5-23-6-8-24(9-7-23)10-11-26-15-21-30-28(22-26)18-17-27(31(30)33)16-12-25-13-19-29(20-14-25)36-32(34)35/h2-3,13-15,17-24,32H,4-12,16H2,1H3/b3-2+. The van der Waals surface area contributed by atoms with Crippen LogP contribution in [0.5, 0.6) is 5.75 Å². The van der Waals surface area contributed by atoms with Crippen molar-refractivity contribution < 1.29 is 17.9 Å². The molecule has 1 nitrogen and oxygen atoms in total. The zero-order valence-corrected chi connectivity index (χ0v) is 21.2. The molecule has 1 fully saturated rings. The second kappa shape index (κ2) is 13.0. The van der Waals surface area contributed by atoms with Crippen LogP contribution >= 0.6 is 0 Å². The fourth-order valence-electron chi connectivity index (χ4n) is 5.53. The molecule has 0 aliphatic heterocycles. The van der Waals surface area contributed by atoms with E-state index in [2.05, 4.69) is 35.9 Å². The number of benzene rings is 3. The number of halogens is 3. The first-order valence-corrected chi connectivity index (χ1v) is 13.4. The van der Waals surface area contributed by atoms with E-state index in [-0.39, 0.29) is 11.6 Å². The highest BCUT2D eigenvalue weighted by Gasteiger charge is 2.20. The smallest absolute Gasteiger partial charge is 0.387 e. The summed E-state index contributed by atoms with van der Waals surface area (Å²) in [6, 6.07) is 16.6. The molecule has 3 aromatic carbocycles. The molecule has 0 N–H and O–H groups in total. The molecule has 1 aliphatic rings. The van der Waals surface area contributed by atoms with Crippen molar-refractivity contribution in [2.45, 2.75) is 77.7 Å². The van der Waals surface area contributed by atoms with Crippen LogP contribution in [-0.2, 0) is 19.3 Å². The molecule has 4 rings (SSSR count). The van der Waals surface area contributed by atoms with Gasteiger partial charge in [-0.2, -0.15) is 8.78 Å². The SMILES string of the molecule is C/C=C/CCC1CCC(CCc2ccc3c(F)c(CCc4ccc(OC(F)F)cc4)ccc3c2)CC1. The topological polar surface area (TPSA) is 9.23 Å². The summed E-state index contributed by atoms with van der Waals surface area (Å²) in [5.74, 6) is 1.69.